The van der Waals surface area contributed by atoms with Crippen LogP contribution in [0, 0.1) is 0 Å². The monoisotopic (exact) mass is 225 g/mol. The Bertz CT molecular complexity index is 361. The molecular formula is C11H12ClNO2. The number of hydrogen-bond donors (Lipinski definition) is 1. The molecule has 1 aliphatic rings. The lowest BCUT2D eigenvalue weighted by Gasteiger charge is -2.11. The van der Waals surface area contributed by atoms with Gasteiger partial charge in [-0.2, -0.15) is 0 Å². The molecule has 1 saturated heterocycles. The zero-order valence-electron chi connectivity index (χ0n) is 8.20. The van der Waals surface area contributed by atoms with Crippen molar-refractivity contribution in [3.63, 3.8) is 0 Å². The summed E-state index contributed by atoms with van der Waals surface area (Å²) in [5, 5.41) is 3.37. The van der Waals surface area contributed by atoms with Gasteiger partial charge >= 0.3 is 0 Å². The predicted molar refractivity (Wildman–Crippen MR) is 58.1 cm³/mol. The Balaban J connectivity index is 2.04. The van der Waals surface area contributed by atoms with Crippen LogP contribution in [0.3, 0.4) is 0 Å². The van der Waals surface area contributed by atoms with E-state index < -0.39 is 0 Å². The van der Waals surface area contributed by atoms with Gasteiger partial charge in [0.05, 0.1) is 23.2 Å². The van der Waals surface area contributed by atoms with Gasteiger partial charge in [-0.1, -0.05) is 23.7 Å². The van der Waals surface area contributed by atoms with Gasteiger partial charge in [0.2, 0.25) is 0 Å². The standard InChI is InChI=1S/C11H12ClNO2/c12-10-4-2-1-3-9(10)11(14)13-8-5-6-15-7-8/h1-4,8H,5-7H2,(H,13,14). The molecule has 3 nitrogen and oxygen atoms in total. The highest BCUT2D eigenvalue weighted by Crippen LogP contribution is 2.15. The Kier molecular flexibility index (Phi) is 3.23. The molecule has 1 aromatic carbocycles. The Labute approximate surface area is 93.4 Å². The number of carbonyl (C=O) groups excluding carboxylic acids is 1. The minimum Gasteiger partial charge on any atom is -0.379 e. The lowest BCUT2D eigenvalue weighted by atomic mass is 10.2. The number of ether oxygens (including phenoxy) is 1. The molecule has 0 spiro atoms. The first-order valence-corrected chi connectivity index (χ1v) is 5.28. The van der Waals surface area contributed by atoms with Gasteiger partial charge in [0.25, 0.3) is 5.91 Å². The minimum absolute atomic E-state index is 0.119. The summed E-state index contributed by atoms with van der Waals surface area (Å²) in [5.41, 5.74) is 0.520. The number of halogens is 1. The molecule has 0 bridgehead atoms. The van der Waals surface area contributed by atoms with Gasteiger partial charge in [-0.25, -0.2) is 0 Å². The predicted octanol–water partition coefficient (Wildman–Crippen LogP) is 1.86. The molecule has 1 fully saturated rings. The second-order valence-corrected chi connectivity index (χ2v) is 3.92. The van der Waals surface area contributed by atoms with Crippen LogP contribution in [0.15, 0.2) is 24.3 Å². The average Bonchev–Trinajstić information content (AvgIpc) is 2.71. The molecule has 1 N–H and O–H groups in total. The van der Waals surface area contributed by atoms with Crippen molar-refractivity contribution in [1.29, 1.82) is 0 Å². The normalized spacial score (nSPS) is 20.2. The van der Waals surface area contributed by atoms with Crippen molar-refractivity contribution in [1.82, 2.24) is 5.32 Å². The Morgan fingerprint density at radius 3 is 2.93 bits per heavy atom. The Hall–Kier alpha value is -1.06. The Morgan fingerprint density at radius 2 is 2.27 bits per heavy atom. The van der Waals surface area contributed by atoms with Crippen LogP contribution in [0.5, 0.6) is 0 Å². The maximum absolute atomic E-state index is 11.8. The Morgan fingerprint density at radius 1 is 1.47 bits per heavy atom. The van der Waals surface area contributed by atoms with Gasteiger partial charge in [-0.3, -0.25) is 4.79 Å². The molecule has 2 rings (SSSR count). The molecule has 15 heavy (non-hydrogen) atoms. The summed E-state index contributed by atoms with van der Waals surface area (Å²) in [7, 11) is 0. The van der Waals surface area contributed by atoms with Gasteiger partial charge in [-0.05, 0) is 18.6 Å². The van der Waals surface area contributed by atoms with Crippen molar-refractivity contribution in [2.45, 2.75) is 12.5 Å². The summed E-state index contributed by atoms with van der Waals surface area (Å²) in [4.78, 5) is 11.8. The fourth-order valence-corrected chi connectivity index (χ4v) is 1.78. The molecular weight excluding hydrogens is 214 g/mol. The summed E-state index contributed by atoms with van der Waals surface area (Å²) < 4.78 is 5.18. The van der Waals surface area contributed by atoms with Crippen molar-refractivity contribution in [2.24, 2.45) is 0 Å². The van der Waals surface area contributed by atoms with Gasteiger partial charge in [0, 0.05) is 6.61 Å². The first kappa shape index (κ1) is 10.5. The fourth-order valence-electron chi connectivity index (χ4n) is 1.56. The van der Waals surface area contributed by atoms with Crippen molar-refractivity contribution in [2.75, 3.05) is 13.2 Å². The topological polar surface area (TPSA) is 38.3 Å². The highest BCUT2D eigenvalue weighted by atomic mass is 35.5. The smallest absolute Gasteiger partial charge is 0.253 e. The molecule has 0 aromatic heterocycles. The van der Waals surface area contributed by atoms with E-state index >= 15 is 0 Å². The summed E-state index contributed by atoms with van der Waals surface area (Å²) in [6.07, 6.45) is 0.871. The van der Waals surface area contributed by atoms with Crippen molar-refractivity contribution < 1.29 is 9.53 Å². The molecule has 80 valence electrons. The van der Waals surface area contributed by atoms with Crippen LogP contribution in [0.4, 0.5) is 0 Å². The molecule has 4 heteroatoms. The minimum atomic E-state index is -0.129. The molecule has 1 unspecified atom stereocenters. The summed E-state index contributed by atoms with van der Waals surface area (Å²) in [6.45, 7) is 1.31. The van der Waals surface area contributed by atoms with E-state index in [0.717, 1.165) is 6.42 Å². The number of rotatable bonds is 2. The number of amides is 1. The van der Waals surface area contributed by atoms with Crippen LogP contribution in [-0.4, -0.2) is 25.2 Å². The molecule has 1 atom stereocenters. The zero-order chi connectivity index (χ0) is 10.7. The highest BCUT2D eigenvalue weighted by Gasteiger charge is 2.19. The van der Waals surface area contributed by atoms with Crippen molar-refractivity contribution >= 4 is 17.5 Å². The van der Waals surface area contributed by atoms with E-state index in [0.29, 0.717) is 23.8 Å². The highest BCUT2D eigenvalue weighted by molar-refractivity contribution is 6.33. The van der Waals surface area contributed by atoms with E-state index in [4.69, 9.17) is 16.3 Å². The largest absolute Gasteiger partial charge is 0.379 e. The molecule has 0 aliphatic carbocycles. The van der Waals surface area contributed by atoms with Crippen molar-refractivity contribution in [3.05, 3.63) is 34.9 Å². The molecule has 1 heterocycles. The van der Waals surface area contributed by atoms with Gasteiger partial charge in [0.1, 0.15) is 0 Å². The van der Waals surface area contributed by atoms with Gasteiger partial charge in [0.15, 0.2) is 0 Å². The first-order chi connectivity index (χ1) is 7.27. The van der Waals surface area contributed by atoms with Crippen LogP contribution in [0.1, 0.15) is 16.8 Å². The quantitative estimate of drug-likeness (QED) is 0.835. The first-order valence-electron chi connectivity index (χ1n) is 4.90. The number of benzene rings is 1. The van der Waals surface area contributed by atoms with Crippen LogP contribution in [0.25, 0.3) is 0 Å². The van der Waals surface area contributed by atoms with E-state index in [1.54, 1.807) is 24.3 Å². The van der Waals surface area contributed by atoms with Crippen LogP contribution >= 0.6 is 11.6 Å². The number of hydrogen-bond acceptors (Lipinski definition) is 2. The van der Waals surface area contributed by atoms with E-state index in [-0.39, 0.29) is 11.9 Å². The second-order valence-electron chi connectivity index (χ2n) is 3.51. The van der Waals surface area contributed by atoms with E-state index in [1.807, 2.05) is 0 Å². The SMILES string of the molecule is O=C(NC1CCOC1)c1ccccc1Cl. The molecule has 0 radical (unpaired) electrons. The number of nitrogens with one attached hydrogen (secondary N) is 1. The fraction of sp³-hybridized carbons (Fsp3) is 0.364. The summed E-state index contributed by atoms with van der Waals surface area (Å²) in [6, 6.07) is 7.15. The van der Waals surface area contributed by atoms with Crippen LogP contribution in [0.2, 0.25) is 5.02 Å². The van der Waals surface area contributed by atoms with Gasteiger partial charge < -0.3 is 10.1 Å². The maximum atomic E-state index is 11.8. The average molecular weight is 226 g/mol. The lowest BCUT2D eigenvalue weighted by molar-refractivity contribution is 0.0930. The van der Waals surface area contributed by atoms with Crippen LogP contribution < -0.4 is 5.32 Å². The van der Waals surface area contributed by atoms with Gasteiger partial charge in [-0.15, -0.1) is 0 Å². The zero-order valence-corrected chi connectivity index (χ0v) is 8.96. The lowest BCUT2D eigenvalue weighted by Crippen LogP contribution is -2.35. The second kappa shape index (κ2) is 4.64. The van der Waals surface area contributed by atoms with Crippen molar-refractivity contribution in [3.8, 4) is 0 Å². The summed E-state index contributed by atoms with van der Waals surface area (Å²) in [5.74, 6) is -0.129. The molecule has 1 aliphatic heterocycles. The third kappa shape index (κ3) is 2.49. The molecule has 1 aromatic rings. The van der Waals surface area contributed by atoms with E-state index in [9.17, 15) is 4.79 Å². The third-order valence-corrected chi connectivity index (χ3v) is 2.71. The van der Waals surface area contributed by atoms with E-state index in [2.05, 4.69) is 5.32 Å². The molecule has 1 amide bonds. The molecule has 0 saturated carbocycles. The van der Waals surface area contributed by atoms with E-state index in [1.165, 1.54) is 0 Å². The van der Waals surface area contributed by atoms with Crippen LogP contribution in [-0.2, 0) is 4.74 Å². The summed E-state index contributed by atoms with van der Waals surface area (Å²) >= 11 is 5.91. The third-order valence-electron chi connectivity index (χ3n) is 2.38. The number of carbonyl (C=O) groups is 1. The maximum Gasteiger partial charge on any atom is 0.253 e.